The molecular formula is C19H17NO2S. The Bertz CT molecular complexity index is 797. The zero-order valence-corrected chi connectivity index (χ0v) is 13.6. The number of ether oxygens (including phenoxy) is 1. The van der Waals surface area contributed by atoms with E-state index in [1.165, 1.54) is 0 Å². The van der Waals surface area contributed by atoms with Crippen LogP contribution in [0.4, 0.5) is 5.69 Å². The second-order valence-corrected chi connectivity index (χ2v) is 5.85. The monoisotopic (exact) mass is 323 g/mol. The second-order valence-electron chi connectivity index (χ2n) is 4.91. The number of anilines is 1. The molecule has 0 unspecified atom stereocenters. The van der Waals surface area contributed by atoms with Gasteiger partial charge < -0.3 is 10.1 Å². The molecule has 1 heterocycles. The summed E-state index contributed by atoms with van der Waals surface area (Å²) < 4.78 is 5.54. The number of benzene rings is 2. The summed E-state index contributed by atoms with van der Waals surface area (Å²) in [6.07, 6.45) is 0. The molecule has 3 aromatic rings. The van der Waals surface area contributed by atoms with Crippen molar-refractivity contribution in [1.29, 1.82) is 0 Å². The van der Waals surface area contributed by atoms with Crippen LogP contribution in [0, 0.1) is 0 Å². The average molecular weight is 323 g/mol. The van der Waals surface area contributed by atoms with Gasteiger partial charge in [0.1, 0.15) is 5.75 Å². The molecule has 116 valence electrons. The second kappa shape index (κ2) is 7.11. The molecule has 0 bridgehead atoms. The summed E-state index contributed by atoms with van der Waals surface area (Å²) in [6.45, 7) is 2.43. The SMILES string of the molecule is CCOc1ccccc1C(=O)Nc1ccccc1-c1cccs1. The van der Waals surface area contributed by atoms with Crippen molar-refractivity contribution in [3.63, 3.8) is 0 Å². The third kappa shape index (κ3) is 3.43. The number of rotatable bonds is 5. The maximum Gasteiger partial charge on any atom is 0.259 e. The average Bonchev–Trinajstić information content (AvgIpc) is 3.10. The number of para-hydroxylation sites is 2. The summed E-state index contributed by atoms with van der Waals surface area (Å²) >= 11 is 1.65. The molecular weight excluding hydrogens is 306 g/mol. The van der Waals surface area contributed by atoms with Gasteiger partial charge in [-0.1, -0.05) is 36.4 Å². The number of thiophene rings is 1. The van der Waals surface area contributed by atoms with Crippen molar-refractivity contribution < 1.29 is 9.53 Å². The van der Waals surface area contributed by atoms with Gasteiger partial charge in [0.25, 0.3) is 5.91 Å². The van der Waals surface area contributed by atoms with Gasteiger partial charge in [-0.05, 0) is 36.6 Å². The van der Waals surface area contributed by atoms with E-state index in [-0.39, 0.29) is 5.91 Å². The summed E-state index contributed by atoms with van der Waals surface area (Å²) in [6, 6.07) is 19.1. The molecule has 0 spiro atoms. The molecule has 0 aliphatic rings. The zero-order chi connectivity index (χ0) is 16.1. The van der Waals surface area contributed by atoms with Crippen molar-refractivity contribution in [3.05, 3.63) is 71.6 Å². The van der Waals surface area contributed by atoms with E-state index in [1.54, 1.807) is 17.4 Å². The van der Waals surface area contributed by atoms with Crippen LogP contribution in [0.2, 0.25) is 0 Å². The van der Waals surface area contributed by atoms with Crippen LogP contribution in [0.3, 0.4) is 0 Å². The quantitative estimate of drug-likeness (QED) is 0.712. The molecule has 23 heavy (non-hydrogen) atoms. The Balaban J connectivity index is 1.90. The van der Waals surface area contributed by atoms with Crippen molar-refractivity contribution in [2.75, 3.05) is 11.9 Å². The first-order valence-corrected chi connectivity index (χ1v) is 8.33. The highest BCUT2D eigenvalue weighted by molar-refractivity contribution is 7.13. The van der Waals surface area contributed by atoms with E-state index in [4.69, 9.17) is 4.74 Å². The third-order valence-electron chi connectivity index (χ3n) is 3.39. The highest BCUT2D eigenvalue weighted by Gasteiger charge is 2.14. The molecule has 0 saturated heterocycles. The van der Waals surface area contributed by atoms with Gasteiger partial charge in [-0.2, -0.15) is 0 Å². The van der Waals surface area contributed by atoms with E-state index in [2.05, 4.69) is 5.32 Å². The Kier molecular flexibility index (Phi) is 4.74. The number of carbonyl (C=O) groups excluding carboxylic acids is 1. The van der Waals surface area contributed by atoms with E-state index < -0.39 is 0 Å². The minimum atomic E-state index is -0.168. The van der Waals surface area contributed by atoms with Crippen LogP contribution < -0.4 is 10.1 Å². The lowest BCUT2D eigenvalue weighted by molar-refractivity contribution is 0.102. The fourth-order valence-corrected chi connectivity index (χ4v) is 3.13. The van der Waals surface area contributed by atoms with Gasteiger partial charge in [-0.25, -0.2) is 0 Å². The van der Waals surface area contributed by atoms with E-state index in [9.17, 15) is 4.79 Å². The molecule has 0 aliphatic carbocycles. The fourth-order valence-electron chi connectivity index (χ4n) is 2.36. The topological polar surface area (TPSA) is 38.3 Å². The van der Waals surface area contributed by atoms with Crippen molar-refractivity contribution >= 4 is 22.9 Å². The predicted octanol–water partition coefficient (Wildman–Crippen LogP) is 5.07. The molecule has 3 rings (SSSR count). The predicted molar refractivity (Wildman–Crippen MR) is 95.3 cm³/mol. The summed E-state index contributed by atoms with van der Waals surface area (Å²) in [4.78, 5) is 13.8. The first-order chi connectivity index (χ1) is 11.3. The summed E-state index contributed by atoms with van der Waals surface area (Å²) in [7, 11) is 0. The molecule has 1 aromatic heterocycles. The van der Waals surface area contributed by atoms with Crippen molar-refractivity contribution in [2.24, 2.45) is 0 Å². The van der Waals surface area contributed by atoms with Crippen molar-refractivity contribution in [1.82, 2.24) is 0 Å². The maximum absolute atomic E-state index is 12.6. The summed E-state index contributed by atoms with van der Waals surface area (Å²) in [5, 5.41) is 5.03. The van der Waals surface area contributed by atoms with Crippen LogP contribution in [-0.4, -0.2) is 12.5 Å². The molecule has 0 saturated carbocycles. The van der Waals surface area contributed by atoms with Crippen LogP contribution >= 0.6 is 11.3 Å². The Morgan fingerprint density at radius 1 is 1.04 bits per heavy atom. The van der Waals surface area contributed by atoms with Gasteiger partial charge in [0.05, 0.1) is 12.2 Å². The smallest absolute Gasteiger partial charge is 0.259 e. The molecule has 1 N–H and O–H groups in total. The number of hydrogen-bond acceptors (Lipinski definition) is 3. The number of nitrogens with one attached hydrogen (secondary N) is 1. The highest BCUT2D eigenvalue weighted by atomic mass is 32.1. The summed E-state index contributed by atoms with van der Waals surface area (Å²) in [5.41, 5.74) is 2.35. The first-order valence-electron chi connectivity index (χ1n) is 7.45. The standard InChI is InChI=1S/C19H17NO2S/c1-2-22-17-11-6-4-9-15(17)19(21)20-16-10-5-3-8-14(16)18-12-7-13-23-18/h3-13H,2H2,1H3,(H,20,21). The molecule has 0 aliphatic heterocycles. The van der Waals surface area contributed by atoms with E-state index >= 15 is 0 Å². The van der Waals surface area contributed by atoms with Gasteiger partial charge in [0.2, 0.25) is 0 Å². The van der Waals surface area contributed by atoms with E-state index in [0.29, 0.717) is 17.9 Å². The lowest BCUT2D eigenvalue weighted by Crippen LogP contribution is -2.14. The zero-order valence-electron chi connectivity index (χ0n) is 12.8. The first kappa shape index (κ1) is 15.3. The lowest BCUT2D eigenvalue weighted by Gasteiger charge is -2.12. The maximum atomic E-state index is 12.6. The van der Waals surface area contributed by atoms with Crippen LogP contribution in [-0.2, 0) is 0 Å². The molecule has 1 amide bonds. The molecule has 0 fully saturated rings. The number of amides is 1. The van der Waals surface area contributed by atoms with Crippen LogP contribution in [0.25, 0.3) is 10.4 Å². The largest absolute Gasteiger partial charge is 0.493 e. The lowest BCUT2D eigenvalue weighted by atomic mass is 10.1. The minimum Gasteiger partial charge on any atom is -0.493 e. The molecule has 3 nitrogen and oxygen atoms in total. The Morgan fingerprint density at radius 2 is 1.83 bits per heavy atom. The van der Waals surface area contributed by atoms with Gasteiger partial charge in [-0.3, -0.25) is 4.79 Å². The molecule has 0 atom stereocenters. The Labute approximate surface area is 139 Å². The molecule has 4 heteroatoms. The molecule has 0 radical (unpaired) electrons. The Morgan fingerprint density at radius 3 is 2.61 bits per heavy atom. The van der Waals surface area contributed by atoms with Gasteiger partial charge in [0, 0.05) is 16.1 Å². The van der Waals surface area contributed by atoms with Gasteiger partial charge >= 0.3 is 0 Å². The van der Waals surface area contributed by atoms with Crippen LogP contribution in [0.5, 0.6) is 5.75 Å². The number of hydrogen-bond donors (Lipinski definition) is 1. The number of carbonyl (C=O) groups is 1. The van der Waals surface area contributed by atoms with Gasteiger partial charge in [-0.15, -0.1) is 11.3 Å². The van der Waals surface area contributed by atoms with Crippen LogP contribution in [0.15, 0.2) is 66.0 Å². The van der Waals surface area contributed by atoms with E-state index in [1.807, 2.05) is 66.9 Å². The van der Waals surface area contributed by atoms with Crippen molar-refractivity contribution in [2.45, 2.75) is 6.92 Å². The highest BCUT2D eigenvalue weighted by Crippen LogP contribution is 2.32. The third-order valence-corrected chi connectivity index (χ3v) is 4.30. The Hall–Kier alpha value is -2.59. The fraction of sp³-hybridized carbons (Fsp3) is 0.105. The van der Waals surface area contributed by atoms with Crippen molar-refractivity contribution in [3.8, 4) is 16.2 Å². The van der Waals surface area contributed by atoms with Gasteiger partial charge in [0.15, 0.2) is 0 Å². The normalized spacial score (nSPS) is 10.3. The molecule has 2 aromatic carbocycles. The minimum absolute atomic E-state index is 0.168. The summed E-state index contributed by atoms with van der Waals surface area (Å²) in [5.74, 6) is 0.430. The van der Waals surface area contributed by atoms with E-state index in [0.717, 1.165) is 16.1 Å². The van der Waals surface area contributed by atoms with Crippen LogP contribution in [0.1, 0.15) is 17.3 Å².